The Morgan fingerprint density at radius 3 is 2.52 bits per heavy atom. The molecule has 0 aliphatic heterocycles. The number of nitrogen functional groups attached to an aromatic ring is 1. The van der Waals surface area contributed by atoms with Crippen molar-refractivity contribution in [3.8, 4) is 16.4 Å². The predicted octanol–water partition coefficient (Wildman–Crippen LogP) is 2.43. The summed E-state index contributed by atoms with van der Waals surface area (Å²) in [5, 5.41) is 2.40. The largest absolute Gasteiger partial charge is 0.383 e. The van der Waals surface area contributed by atoms with E-state index in [9.17, 15) is 9.59 Å². The minimum Gasteiger partial charge on any atom is -0.383 e. The highest BCUT2D eigenvalue weighted by molar-refractivity contribution is 7.13. The number of benzene rings is 1. The summed E-state index contributed by atoms with van der Waals surface area (Å²) in [5.41, 5.74) is 5.55. The smallest absolute Gasteiger partial charge is 0.354 e. The number of fused-ring (bicyclic) bond motifs is 1. The normalized spacial score (nSPS) is 11.1. The highest BCUT2D eigenvalue weighted by atomic mass is 35.5. The van der Waals surface area contributed by atoms with Gasteiger partial charge in [-0.05, 0) is 35.7 Å². The van der Waals surface area contributed by atoms with Gasteiger partial charge in [0.2, 0.25) is 0 Å². The molecule has 0 unspecified atom stereocenters. The Labute approximate surface area is 149 Å². The van der Waals surface area contributed by atoms with Gasteiger partial charge in [0.25, 0.3) is 5.56 Å². The van der Waals surface area contributed by atoms with Crippen molar-refractivity contribution in [3.63, 3.8) is 0 Å². The molecule has 124 valence electrons. The van der Waals surface area contributed by atoms with Crippen LogP contribution in [0.15, 0.2) is 51.4 Å². The van der Waals surface area contributed by atoms with Crippen molar-refractivity contribution in [3.05, 3.63) is 67.6 Å². The third kappa shape index (κ3) is 2.61. The summed E-state index contributed by atoms with van der Waals surface area (Å²) in [6, 6.07) is 10.2. The van der Waals surface area contributed by atoms with Crippen LogP contribution >= 0.6 is 22.9 Å². The van der Waals surface area contributed by atoms with Gasteiger partial charge in [-0.3, -0.25) is 4.79 Å². The molecule has 0 radical (unpaired) electrons. The topological polar surface area (TPSA) is 107 Å². The Balaban J connectivity index is 2.04. The standard InChI is InChI=1S/C16H10ClN5O2S/c17-8-3-5-9(6-4-8)22-13(18)11-12(20-16(22)24)15(23)21-14(19-11)10-2-1-7-25-10/h1-7H,18H2,(H,19,21,23). The van der Waals surface area contributed by atoms with Crippen LogP contribution in [0.4, 0.5) is 5.82 Å². The lowest BCUT2D eigenvalue weighted by Gasteiger charge is -2.11. The number of thiophene rings is 1. The molecule has 0 saturated carbocycles. The molecule has 7 nitrogen and oxygen atoms in total. The van der Waals surface area contributed by atoms with Crippen LogP contribution in [-0.2, 0) is 0 Å². The molecular weight excluding hydrogens is 362 g/mol. The molecule has 3 aromatic heterocycles. The van der Waals surface area contributed by atoms with E-state index in [4.69, 9.17) is 17.3 Å². The lowest BCUT2D eigenvalue weighted by atomic mass is 10.3. The first-order valence-electron chi connectivity index (χ1n) is 7.17. The second-order valence-electron chi connectivity index (χ2n) is 5.18. The molecule has 0 spiro atoms. The van der Waals surface area contributed by atoms with E-state index >= 15 is 0 Å². The predicted molar refractivity (Wildman–Crippen MR) is 98.5 cm³/mol. The molecule has 0 atom stereocenters. The molecule has 3 heterocycles. The van der Waals surface area contributed by atoms with Crippen molar-refractivity contribution in [2.75, 3.05) is 5.73 Å². The summed E-state index contributed by atoms with van der Waals surface area (Å²) >= 11 is 7.31. The number of H-pyrrole nitrogens is 1. The molecule has 0 amide bonds. The second kappa shape index (κ2) is 5.83. The Morgan fingerprint density at radius 2 is 1.84 bits per heavy atom. The van der Waals surface area contributed by atoms with Crippen LogP contribution in [0.5, 0.6) is 0 Å². The lowest BCUT2D eigenvalue weighted by Crippen LogP contribution is -2.27. The van der Waals surface area contributed by atoms with E-state index in [1.165, 1.54) is 15.9 Å². The van der Waals surface area contributed by atoms with Gasteiger partial charge in [-0.2, -0.15) is 4.98 Å². The third-order valence-corrected chi connectivity index (χ3v) is 4.75. The molecule has 4 rings (SSSR count). The summed E-state index contributed by atoms with van der Waals surface area (Å²) in [5.74, 6) is 0.420. The molecular formula is C16H10ClN5O2S. The Bertz CT molecular complexity index is 1200. The van der Waals surface area contributed by atoms with Gasteiger partial charge in [0.1, 0.15) is 11.3 Å². The minimum atomic E-state index is -0.663. The zero-order valence-corrected chi connectivity index (χ0v) is 14.1. The van der Waals surface area contributed by atoms with E-state index in [0.717, 1.165) is 4.88 Å². The fourth-order valence-corrected chi connectivity index (χ4v) is 3.27. The van der Waals surface area contributed by atoms with E-state index in [1.54, 1.807) is 24.3 Å². The molecule has 0 aliphatic carbocycles. The van der Waals surface area contributed by atoms with Crippen LogP contribution < -0.4 is 17.0 Å². The van der Waals surface area contributed by atoms with Crippen molar-refractivity contribution >= 4 is 39.8 Å². The van der Waals surface area contributed by atoms with Gasteiger partial charge in [0.05, 0.1) is 10.6 Å². The van der Waals surface area contributed by atoms with Crippen molar-refractivity contribution in [1.29, 1.82) is 0 Å². The minimum absolute atomic E-state index is 0.0428. The molecule has 3 N–H and O–H groups in total. The highest BCUT2D eigenvalue weighted by Crippen LogP contribution is 2.23. The molecule has 0 saturated heterocycles. The van der Waals surface area contributed by atoms with Crippen molar-refractivity contribution < 1.29 is 0 Å². The zero-order chi connectivity index (χ0) is 17.6. The maximum Gasteiger partial charge on any atom is 0.354 e. The third-order valence-electron chi connectivity index (χ3n) is 3.62. The second-order valence-corrected chi connectivity index (χ2v) is 6.56. The van der Waals surface area contributed by atoms with Gasteiger partial charge < -0.3 is 10.7 Å². The fraction of sp³-hybridized carbons (Fsp3) is 0. The average molecular weight is 372 g/mol. The number of anilines is 1. The molecule has 9 heteroatoms. The molecule has 0 bridgehead atoms. The quantitative estimate of drug-likeness (QED) is 0.562. The number of halogens is 1. The summed E-state index contributed by atoms with van der Waals surface area (Å²) in [6.07, 6.45) is 0. The number of rotatable bonds is 2. The van der Waals surface area contributed by atoms with Crippen molar-refractivity contribution in [2.24, 2.45) is 0 Å². The van der Waals surface area contributed by atoms with Crippen LogP contribution in [0.1, 0.15) is 0 Å². The monoisotopic (exact) mass is 371 g/mol. The number of hydrogen-bond acceptors (Lipinski definition) is 6. The molecule has 0 aliphatic rings. The summed E-state index contributed by atoms with van der Waals surface area (Å²) in [4.78, 5) is 36.4. The number of hydrogen-bond donors (Lipinski definition) is 2. The molecule has 4 aromatic rings. The van der Waals surface area contributed by atoms with E-state index < -0.39 is 11.2 Å². The van der Waals surface area contributed by atoms with E-state index in [2.05, 4.69) is 15.0 Å². The first-order chi connectivity index (χ1) is 12.0. The number of aromatic amines is 1. The molecule has 25 heavy (non-hydrogen) atoms. The molecule has 0 fully saturated rings. The van der Waals surface area contributed by atoms with Crippen LogP contribution in [0.25, 0.3) is 27.4 Å². The number of nitrogens with one attached hydrogen (secondary N) is 1. The summed E-state index contributed by atoms with van der Waals surface area (Å²) < 4.78 is 1.20. The van der Waals surface area contributed by atoms with Crippen LogP contribution in [0.3, 0.4) is 0 Å². The SMILES string of the molecule is Nc1c2nc(-c3cccs3)[nH]c(=O)c2nc(=O)n1-c1ccc(Cl)cc1. The number of nitrogens with zero attached hydrogens (tertiary/aromatic N) is 3. The van der Waals surface area contributed by atoms with Gasteiger partial charge in [-0.25, -0.2) is 14.3 Å². The Hall–Kier alpha value is -2.97. The Morgan fingerprint density at radius 1 is 1.08 bits per heavy atom. The van der Waals surface area contributed by atoms with Gasteiger partial charge in [0.15, 0.2) is 11.3 Å². The summed E-state index contributed by atoms with van der Waals surface area (Å²) in [6.45, 7) is 0. The maximum atomic E-state index is 12.4. The highest BCUT2D eigenvalue weighted by Gasteiger charge is 2.16. The number of nitrogens with two attached hydrogens (primary N) is 1. The van der Waals surface area contributed by atoms with Crippen molar-refractivity contribution in [2.45, 2.75) is 0 Å². The lowest BCUT2D eigenvalue weighted by molar-refractivity contribution is 0.939. The van der Waals surface area contributed by atoms with E-state index in [0.29, 0.717) is 16.5 Å². The summed E-state index contributed by atoms with van der Waals surface area (Å²) in [7, 11) is 0. The van der Waals surface area contributed by atoms with Crippen molar-refractivity contribution in [1.82, 2.24) is 19.5 Å². The molecule has 1 aromatic carbocycles. The first-order valence-corrected chi connectivity index (χ1v) is 8.43. The van der Waals surface area contributed by atoms with Gasteiger partial charge in [-0.15, -0.1) is 11.3 Å². The maximum absolute atomic E-state index is 12.4. The first kappa shape index (κ1) is 15.6. The van der Waals surface area contributed by atoms with E-state index in [1.807, 2.05) is 17.5 Å². The zero-order valence-electron chi connectivity index (χ0n) is 12.6. The Kier molecular flexibility index (Phi) is 3.63. The van der Waals surface area contributed by atoms with Crippen LogP contribution in [-0.4, -0.2) is 19.5 Å². The van der Waals surface area contributed by atoms with Gasteiger partial charge in [-0.1, -0.05) is 17.7 Å². The van der Waals surface area contributed by atoms with Gasteiger partial charge in [0, 0.05) is 5.02 Å². The number of aromatic nitrogens is 4. The van der Waals surface area contributed by atoms with Crippen LogP contribution in [0, 0.1) is 0 Å². The van der Waals surface area contributed by atoms with Gasteiger partial charge >= 0.3 is 5.69 Å². The average Bonchev–Trinajstić information content (AvgIpc) is 3.12. The van der Waals surface area contributed by atoms with Crippen LogP contribution in [0.2, 0.25) is 5.02 Å². The van der Waals surface area contributed by atoms with E-state index in [-0.39, 0.29) is 16.9 Å². The fourth-order valence-electron chi connectivity index (χ4n) is 2.47.